The predicted molar refractivity (Wildman–Crippen MR) is 83.9 cm³/mol. The maximum absolute atomic E-state index is 6.06. The van der Waals surface area contributed by atoms with E-state index in [1.165, 1.54) is 0 Å². The van der Waals surface area contributed by atoms with Crippen molar-refractivity contribution in [3.05, 3.63) is 50.0 Å². The van der Waals surface area contributed by atoms with Crippen LogP contribution in [0.3, 0.4) is 0 Å². The van der Waals surface area contributed by atoms with Crippen LogP contribution in [0.1, 0.15) is 5.56 Å². The summed E-state index contributed by atoms with van der Waals surface area (Å²) >= 11 is 12.9. The number of halogens is 3. The standard InChI is InChI=1S/C13H11Br2ClN2O/c1-17-6-8-4-13(18-7-11(8)16)19-12-3-2-9(14)5-10(12)15/h2-5,7,17H,6H2,1H3. The van der Waals surface area contributed by atoms with Gasteiger partial charge in [-0.25, -0.2) is 4.98 Å². The van der Waals surface area contributed by atoms with Crippen molar-refractivity contribution in [3.63, 3.8) is 0 Å². The molecule has 0 aliphatic heterocycles. The molecular formula is C13H11Br2ClN2O. The van der Waals surface area contributed by atoms with Crippen LogP contribution in [-0.2, 0) is 6.54 Å². The van der Waals surface area contributed by atoms with E-state index in [-0.39, 0.29) is 0 Å². The van der Waals surface area contributed by atoms with Gasteiger partial charge in [0.2, 0.25) is 5.88 Å². The molecule has 0 aliphatic rings. The maximum Gasteiger partial charge on any atom is 0.219 e. The van der Waals surface area contributed by atoms with E-state index in [9.17, 15) is 0 Å². The summed E-state index contributed by atoms with van der Waals surface area (Å²) in [5, 5.41) is 3.67. The first-order chi connectivity index (χ1) is 9.10. The molecule has 19 heavy (non-hydrogen) atoms. The molecule has 1 N–H and O–H groups in total. The van der Waals surface area contributed by atoms with Gasteiger partial charge in [0.1, 0.15) is 5.75 Å². The summed E-state index contributed by atoms with van der Waals surface area (Å²) < 4.78 is 7.57. The van der Waals surface area contributed by atoms with Crippen molar-refractivity contribution in [2.45, 2.75) is 6.54 Å². The molecule has 2 aromatic rings. The second-order valence-electron chi connectivity index (χ2n) is 3.82. The molecule has 1 aromatic heterocycles. The molecule has 0 spiro atoms. The van der Waals surface area contributed by atoms with Crippen LogP contribution in [0.2, 0.25) is 5.02 Å². The molecule has 6 heteroatoms. The normalized spacial score (nSPS) is 10.5. The van der Waals surface area contributed by atoms with E-state index in [4.69, 9.17) is 16.3 Å². The van der Waals surface area contributed by atoms with E-state index >= 15 is 0 Å². The SMILES string of the molecule is CNCc1cc(Oc2ccc(Br)cc2Br)ncc1Cl. The van der Waals surface area contributed by atoms with Crippen LogP contribution in [0.15, 0.2) is 39.4 Å². The highest BCUT2D eigenvalue weighted by molar-refractivity contribution is 9.11. The summed E-state index contributed by atoms with van der Waals surface area (Å²) in [7, 11) is 1.86. The van der Waals surface area contributed by atoms with Gasteiger partial charge in [-0.2, -0.15) is 0 Å². The molecule has 0 saturated heterocycles. The molecule has 100 valence electrons. The summed E-state index contributed by atoms with van der Waals surface area (Å²) in [6.45, 7) is 0.666. The van der Waals surface area contributed by atoms with Crippen LogP contribution in [0.5, 0.6) is 11.6 Å². The molecule has 0 aliphatic carbocycles. The quantitative estimate of drug-likeness (QED) is 0.794. The Morgan fingerprint density at radius 3 is 2.79 bits per heavy atom. The fourth-order valence-corrected chi connectivity index (χ4v) is 2.81. The van der Waals surface area contributed by atoms with E-state index in [1.807, 2.05) is 31.3 Å². The Morgan fingerprint density at radius 1 is 1.32 bits per heavy atom. The van der Waals surface area contributed by atoms with Gasteiger partial charge in [0, 0.05) is 23.3 Å². The number of ether oxygens (including phenoxy) is 1. The molecule has 0 bridgehead atoms. The number of aromatic nitrogens is 1. The van der Waals surface area contributed by atoms with Gasteiger partial charge in [-0.05, 0) is 46.7 Å². The van der Waals surface area contributed by atoms with Crippen molar-refractivity contribution in [1.29, 1.82) is 0 Å². The Bertz CT molecular complexity index is 593. The van der Waals surface area contributed by atoms with Crippen LogP contribution in [0, 0.1) is 0 Å². The molecule has 1 aromatic carbocycles. The largest absolute Gasteiger partial charge is 0.438 e. The smallest absolute Gasteiger partial charge is 0.219 e. The molecule has 0 amide bonds. The molecule has 0 saturated carbocycles. The second-order valence-corrected chi connectivity index (χ2v) is 6.00. The summed E-state index contributed by atoms with van der Waals surface area (Å²) in [5.41, 5.74) is 0.947. The lowest BCUT2D eigenvalue weighted by atomic mass is 10.2. The van der Waals surface area contributed by atoms with Gasteiger partial charge in [-0.15, -0.1) is 0 Å². The number of hydrogen-bond acceptors (Lipinski definition) is 3. The zero-order valence-electron chi connectivity index (χ0n) is 10.1. The zero-order valence-corrected chi connectivity index (χ0v) is 14.0. The van der Waals surface area contributed by atoms with E-state index < -0.39 is 0 Å². The van der Waals surface area contributed by atoms with Crippen LogP contribution >= 0.6 is 43.5 Å². The van der Waals surface area contributed by atoms with E-state index in [0.29, 0.717) is 23.2 Å². The monoisotopic (exact) mass is 404 g/mol. The third-order valence-corrected chi connectivity index (χ3v) is 3.84. The van der Waals surface area contributed by atoms with Crippen molar-refractivity contribution < 1.29 is 4.74 Å². The molecule has 2 rings (SSSR count). The van der Waals surface area contributed by atoms with Gasteiger partial charge in [0.25, 0.3) is 0 Å². The molecule has 0 radical (unpaired) electrons. The number of hydrogen-bond donors (Lipinski definition) is 1. The molecule has 0 unspecified atom stereocenters. The van der Waals surface area contributed by atoms with Crippen molar-refractivity contribution in [2.24, 2.45) is 0 Å². The number of nitrogens with zero attached hydrogens (tertiary/aromatic N) is 1. The number of pyridine rings is 1. The number of nitrogens with one attached hydrogen (secondary N) is 1. The average Bonchev–Trinajstić information content (AvgIpc) is 2.37. The van der Waals surface area contributed by atoms with E-state index in [0.717, 1.165) is 14.5 Å². The molecule has 0 fully saturated rings. The third kappa shape index (κ3) is 3.92. The highest BCUT2D eigenvalue weighted by Gasteiger charge is 2.07. The van der Waals surface area contributed by atoms with E-state index in [1.54, 1.807) is 6.20 Å². The first kappa shape index (κ1) is 14.8. The fraction of sp³-hybridized carbons (Fsp3) is 0.154. The summed E-state index contributed by atoms with van der Waals surface area (Å²) in [5.74, 6) is 1.21. The minimum absolute atomic E-state index is 0.512. The average molecular weight is 407 g/mol. The van der Waals surface area contributed by atoms with Gasteiger partial charge >= 0.3 is 0 Å². The summed E-state index contributed by atoms with van der Waals surface area (Å²) in [6, 6.07) is 7.51. The molecule has 1 heterocycles. The van der Waals surface area contributed by atoms with Crippen LogP contribution in [-0.4, -0.2) is 12.0 Å². The van der Waals surface area contributed by atoms with Gasteiger partial charge in [-0.1, -0.05) is 27.5 Å². The minimum atomic E-state index is 0.512. The first-order valence-corrected chi connectivity index (χ1v) is 7.48. The van der Waals surface area contributed by atoms with Gasteiger partial charge < -0.3 is 10.1 Å². The van der Waals surface area contributed by atoms with Crippen LogP contribution < -0.4 is 10.1 Å². The lowest BCUT2D eigenvalue weighted by Crippen LogP contribution is -2.06. The lowest BCUT2D eigenvalue weighted by molar-refractivity contribution is 0.459. The molecule has 3 nitrogen and oxygen atoms in total. The van der Waals surface area contributed by atoms with Gasteiger partial charge in [-0.3, -0.25) is 0 Å². The Morgan fingerprint density at radius 2 is 2.11 bits per heavy atom. The highest BCUT2D eigenvalue weighted by atomic mass is 79.9. The van der Waals surface area contributed by atoms with Crippen molar-refractivity contribution in [2.75, 3.05) is 7.05 Å². The van der Waals surface area contributed by atoms with Gasteiger partial charge in [0.15, 0.2) is 0 Å². The number of rotatable bonds is 4. The summed E-state index contributed by atoms with van der Waals surface area (Å²) in [4.78, 5) is 4.17. The minimum Gasteiger partial charge on any atom is -0.438 e. The number of benzene rings is 1. The van der Waals surface area contributed by atoms with Crippen LogP contribution in [0.4, 0.5) is 0 Å². The zero-order chi connectivity index (χ0) is 13.8. The highest BCUT2D eigenvalue weighted by Crippen LogP contribution is 2.32. The van der Waals surface area contributed by atoms with Gasteiger partial charge in [0.05, 0.1) is 9.50 Å². The molecule has 0 atom stereocenters. The first-order valence-electron chi connectivity index (χ1n) is 5.52. The van der Waals surface area contributed by atoms with Crippen molar-refractivity contribution in [3.8, 4) is 11.6 Å². The third-order valence-electron chi connectivity index (χ3n) is 2.39. The van der Waals surface area contributed by atoms with Crippen LogP contribution in [0.25, 0.3) is 0 Å². The Kier molecular flexibility index (Phi) is 5.21. The topological polar surface area (TPSA) is 34.1 Å². The lowest BCUT2D eigenvalue weighted by Gasteiger charge is -2.09. The Labute approximate surface area is 133 Å². The second kappa shape index (κ2) is 6.70. The maximum atomic E-state index is 6.06. The van der Waals surface area contributed by atoms with E-state index in [2.05, 4.69) is 42.2 Å². The Hall–Kier alpha value is -0.620. The fourth-order valence-electron chi connectivity index (χ4n) is 1.51. The van der Waals surface area contributed by atoms with Crippen molar-refractivity contribution in [1.82, 2.24) is 10.3 Å². The Balaban J connectivity index is 2.25. The summed E-state index contributed by atoms with van der Waals surface area (Å²) in [6.07, 6.45) is 1.59. The predicted octanol–water partition coefficient (Wildman–Crippen LogP) is 4.77. The van der Waals surface area contributed by atoms with Crippen molar-refractivity contribution >= 4 is 43.5 Å². The molecular weight excluding hydrogens is 395 g/mol.